The number of hydrazine groups is 1. The highest BCUT2D eigenvalue weighted by atomic mass is 16.2. The molecule has 20 heavy (non-hydrogen) atoms. The van der Waals surface area contributed by atoms with Crippen LogP contribution in [-0.4, -0.2) is 59.4 Å². The van der Waals surface area contributed by atoms with Gasteiger partial charge in [-0.3, -0.25) is 24.9 Å². The summed E-state index contributed by atoms with van der Waals surface area (Å²) >= 11 is 0. The molecule has 108 valence electrons. The normalized spacial score (nSPS) is 16.0. The molecule has 1 aliphatic rings. The summed E-state index contributed by atoms with van der Waals surface area (Å²) in [7, 11) is 0. The maximum atomic E-state index is 12.2. The van der Waals surface area contributed by atoms with Gasteiger partial charge in [0.2, 0.25) is 0 Å². The lowest BCUT2D eigenvalue weighted by atomic mass is 10.2. The van der Waals surface area contributed by atoms with Crippen LogP contribution in [0.2, 0.25) is 0 Å². The van der Waals surface area contributed by atoms with E-state index in [1.165, 1.54) is 18.3 Å². The Hall–Kier alpha value is -2.03. The number of nitrogens with zero attached hydrogens (tertiary/aromatic N) is 3. The second-order valence-corrected chi connectivity index (χ2v) is 4.50. The first-order chi connectivity index (χ1) is 9.65. The molecule has 8 heteroatoms. The van der Waals surface area contributed by atoms with Gasteiger partial charge in [-0.05, 0) is 12.1 Å². The minimum Gasteiger partial charge on any atom is -0.335 e. The molecule has 1 aromatic heterocycles. The number of hydrogen-bond acceptors (Lipinski definition) is 6. The summed E-state index contributed by atoms with van der Waals surface area (Å²) in [4.78, 5) is 31.3. The van der Waals surface area contributed by atoms with Crippen molar-refractivity contribution in [2.75, 3.05) is 32.8 Å². The Bertz CT molecular complexity index is 481. The zero-order chi connectivity index (χ0) is 14.5. The quantitative estimate of drug-likeness (QED) is 0.347. The highest BCUT2D eigenvalue weighted by Crippen LogP contribution is 2.07. The van der Waals surface area contributed by atoms with E-state index < -0.39 is 5.91 Å². The summed E-state index contributed by atoms with van der Waals surface area (Å²) in [6.45, 7) is 3.28. The molecule has 1 fully saturated rings. The van der Waals surface area contributed by atoms with Crippen molar-refractivity contribution in [1.29, 1.82) is 0 Å². The molecule has 0 unspecified atom stereocenters. The van der Waals surface area contributed by atoms with Crippen LogP contribution in [0.4, 0.5) is 0 Å². The Balaban J connectivity index is 2.01. The summed E-state index contributed by atoms with van der Waals surface area (Å²) < 4.78 is 0. The summed E-state index contributed by atoms with van der Waals surface area (Å²) in [6, 6.07) is 3.06. The lowest BCUT2D eigenvalue weighted by Crippen LogP contribution is -2.50. The number of nitrogens with one attached hydrogen (secondary N) is 1. The minimum absolute atomic E-state index is 0.138. The number of aromatic nitrogens is 1. The van der Waals surface area contributed by atoms with Gasteiger partial charge in [0.1, 0.15) is 5.69 Å². The van der Waals surface area contributed by atoms with Crippen LogP contribution in [0.25, 0.3) is 0 Å². The molecular weight excluding hydrogens is 260 g/mol. The van der Waals surface area contributed by atoms with Crippen LogP contribution < -0.4 is 17.0 Å². The van der Waals surface area contributed by atoms with E-state index in [4.69, 9.17) is 11.6 Å². The Morgan fingerprint density at radius 3 is 2.45 bits per heavy atom. The molecule has 8 nitrogen and oxygen atoms in total. The number of rotatable bonds is 3. The summed E-state index contributed by atoms with van der Waals surface area (Å²) in [5.41, 5.74) is 8.21. The maximum Gasteiger partial charge on any atom is 0.272 e. The number of carbonyl (C=O) groups excluding carboxylic acids is 2. The molecule has 5 N–H and O–H groups in total. The number of piperazine rings is 1. The predicted octanol–water partition coefficient (Wildman–Crippen LogP) is -1.64. The third kappa shape index (κ3) is 3.10. The van der Waals surface area contributed by atoms with Crippen molar-refractivity contribution < 1.29 is 9.59 Å². The van der Waals surface area contributed by atoms with E-state index in [-0.39, 0.29) is 5.91 Å². The number of carbonyl (C=O) groups is 2. The average molecular weight is 278 g/mol. The number of hydrogen-bond donors (Lipinski definition) is 3. The van der Waals surface area contributed by atoms with Crippen LogP contribution in [0.1, 0.15) is 20.8 Å². The standard InChI is InChI=1S/C12H18N6O2/c13-8-17-3-5-18(6-4-17)12(20)10-2-1-9(7-15-10)11(19)16-14/h1-2,7H,3-6,8,13-14H2,(H,16,19). The molecule has 0 spiro atoms. The van der Waals surface area contributed by atoms with Crippen LogP contribution in [0.5, 0.6) is 0 Å². The average Bonchev–Trinajstić information content (AvgIpc) is 2.53. The summed E-state index contributed by atoms with van der Waals surface area (Å²) in [5.74, 6) is 4.45. The van der Waals surface area contributed by atoms with Crippen LogP contribution in [0.15, 0.2) is 18.3 Å². The smallest absolute Gasteiger partial charge is 0.272 e. The predicted molar refractivity (Wildman–Crippen MR) is 72.4 cm³/mol. The molecule has 0 aromatic carbocycles. The van der Waals surface area contributed by atoms with Gasteiger partial charge in [-0.1, -0.05) is 0 Å². The highest BCUT2D eigenvalue weighted by molar-refractivity contribution is 5.96. The number of nitrogen functional groups attached to an aromatic ring is 1. The first-order valence-corrected chi connectivity index (χ1v) is 6.34. The van der Waals surface area contributed by atoms with Crippen LogP contribution in [0.3, 0.4) is 0 Å². The fourth-order valence-corrected chi connectivity index (χ4v) is 2.03. The topological polar surface area (TPSA) is 118 Å². The monoisotopic (exact) mass is 278 g/mol. The zero-order valence-electron chi connectivity index (χ0n) is 11.1. The molecular formula is C12H18N6O2. The lowest BCUT2D eigenvalue weighted by Gasteiger charge is -2.33. The van der Waals surface area contributed by atoms with Gasteiger partial charge in [-0.25, -0.2) is 5.84 Å². The second-order valence-electron chi connectivity index (χ2n) is 4.50. The number of pyridine rings is 1. The van der Waals surface area contributed by atoms with Gasteiger partial charge in [-0.15, -0.1) is 0 Å². The Morgan fingerprint density at radius 1 is 1.25 bits per heavy atom. The minimum atomic E-state index is -0.437. The van der Waals surface area contributed by atoms with E-state index >= 15 is 0 Å². The van der Waals surface area contributed by atoms with Crippen molar-refractivity contribution in [2.45, 2.75) is 0 Å². The Labute approximate surface area is 116 Å². The van der Waals surface area contributed by atoms with Gasteiger partial charge in [-0.2, -0.15) is 0 Å². The molecule has 0 atom stereocenters. The van der Waals surface area contributed by atoms with Crippen molar-refractivity contribution in [1.82, 2.24) is 20.2 Å². The largest absolute Gasteiger partial charge is 0.335 e. The second kappa shape index (κ2) is 6.42. The van der Waals surface area contributed by atoms with E-state index in [0.29, 0.717) is 31.0 Å². The Kier molecular flexibility index (Phi) is 4.61. The third-order valence-corrected chi connectivity index (χ3v) is 3.29. The zero-order valence-corrected chi connectivity index (χ0v) is 11.1. The molecule has 0 bridgehead atoms. The Morgan fingerprint density at radius 2 is 1.95 bits per heavy atom. The van der Waals surface area contributed by atoms with Gasteiger partial charge < -0.3 is 10.6 Å². The van der Waals surface area contributed by atoms with Gasteiger partial charge in [0.15, 0.2) is 0 Å². The van der Waals surface area contributed by atoms with Crippen molar-refractivity contribution in [3.63, 3.8) is 0 Å². The van der Waals surface area contributed by atoms with Gasteiger partial charge in [0.25, 0.3) is 11.8 Å². The van der Waals surface area contributed by atoms with Gasteiger partial charge in [0, 0.05) is 39.0 Å². The van der Waals surface area contributed by atoms with E-state index in [1.807, 2.05) is 5.43 Å². The van der Waals surface area contributed by atoms with Crippen molar-refractivity contribution in [2.24, 2.45) is 11.6 Å². The lowest BCUT2D eigenvalue weighted by molar-refractivity contribution is 0.0634. The van der Waals surface area contributed by atoms with E-state index in [0.717, 1.165) is 13.1 Å². The van der Waals surface area contributed by atoms with E-state index in [2.05, 4.69) is 9.88 Å². The van der Waals surface area contributed by atoms with Crippen molar-refractivity contribution >= 4 is 11.8 Å². The molecule has 0 aliphatic carbocycles. The van der Waals surface area contributed by atoms with Crippen LogP contribution in [0, 0.1) is 0 Å². The van der Waals surface area contributed by atoms with Crippen molar-refractivity contribution in [3.8, 4) is 0 Å². The van der Waals surface area contributed by atoms with Gasteiger partial charge in [0.05, 0.1) is 5.56 Å². The molecule has 2 rings (SSSR count). The summed E-state index contributed by atoms with van der Waals surface area (Å²) in [6.07, 6.45) is 1.34. The molecule has 0 saturated carbocycles. The molecule has 2 amide bonds. The number of nitrogens with two attached hydrogens (primary N) is 2. The third-order valence-electron chi connectivity index (χ3n) is 3.29. The van der Waals surface area contributed by atoms with Crippen LogP contribution >= 0.6 is 0 Å². The highest BCUT2D eigenvalue weighted by Gasteiger charge is 2.22. The van der Waals surface area contributed by atoms with Crippen molar-refractivity contribution in [3.05, 3.63) is 29.6 Å². The maximum absolute atomic E-state index is 12.2. The first kappa shape index (κ1) is 14.4. The molecule has 1 saturated heterocycles. The molecule has 1 aliphatic heterocycles. The SMILES string of the molecule is NCN1CCN(C(=O)c2ccc(C(=O)NN)cn2)CC1. The van der Waals surface area contributed by atoms with Crippen LogP contribution in [-0.2, 0) is 0 Å². The fourth-order valence-electron chi connectivity index (χ4n) is 2.03. The summed E-state index contributed by atoms with van der Waals surface area (Å²) in [5, 5.41) is 0. The molecule has 1 aromatic rings. The van der Waals surface area contributed by atoms with Gasteiger partial charge >= 0.3 is 0 Å². The molecule has 2 heterocycles. The fraction of sp³-hybridized carbons (Fsp3) is 0.417. The van der Waals surface area contributed by atoms with E-state index in [9.17, 15) is 9.59 Å². The van der Waals surface area contributed by atoms with E-state index in [1.54, 1.807) is 4.90 Å². The number of amides is 2. The first-order valence-electron chi connectivity index (χ1n) is 6.34. The molecule has 0 radical (unpaired) electrons.